The molecule has 5 heteroatoms. The number of hydrogen-bond acceptors (Lipinski definition) is 3. The molecular formula is C14H24ClN3S. The van der Waals surface area contributed by atoms with Crippen molar-refractivity contribution in [2.75, 3.05) is 6.26 Å². The molecule has 2 unspecified atom stereocenters. The molecule has 0 aromatic carbocycles. The number of halogens is 1. The van der Waals surface area contributed by atoms with Gasteiger partial charge in [-0.2, -0.15) is 11.8 Å². The van der Waals surface area contributed by atoms with E-state index in [0.29, 0.717) is 11.2 Å². The van der Waals surface area contributed by atoms with Crippen LogP contribution in [0.5, 0.6) is 0 Å². The van der Waals surface area contributed by atoms with Gasteiger partial charge >= 0.3 is 0 Å². The monoisotopic (exact) mass is 301 g/mol. The Balaban J connectivity index is 1.86. The zero-order valence-corrected chi connectivity index (χ0v) is 13.4. The number of thioether (sulfide) groups is 1. The van der Waals surface area contributed by atoms with Crippen LogP contribution >= 0.6 is 23.4 Å². The topological polar surface area (TPSA) is 40.7 Å². The molecule has 0 radical (unpaired) electrons. The minimum atomic E-state index is 0.619. The first-order valence-corrected chi connectivity index (χ1v) is 8.90. The van der Waals surface area contributed by atoms with Gasteiger partial charge in [-0.3, -0.25) is 0 Å². The smallest absolute Gasteiger partial charge is 0.151 e. The number of nitrogens with one attached hydrogen (secondary N) is 2. The number of H-pyrrole nitrogens is 1. The van der Waals surface area contributed by atoms with Crippen molar-refractivity contribution < 1.29 is 0 Å². The molecule has 1 aromatic heterocycles. The molecule has 1 aliphatic rings. The molecule has 0 spiro atoms. The Labute approximate surface area is 125 Å². The van der Waals surface area contributed by atoms with E-state index in [1.165, 1.54) is 25.7 Å². The minimum absolute atomic E-state index is 0.619. The van der Waals surface area contributed by atoms with Crippen LogP contribution < -0.4 is 5.32 Å². The molecule has 0 bridgehead atoms. The van der Waals surface area contributed by atoms with Crippen molar-refractivity contribution in [3.8, 4) is 0 Å². The van der Waals surface area contributed by atoms with Crippen LogP contribution in [0.4, 0.5) is 0 Å². The third-order valence-corrected chi connectivity index (χ3v) is 5.32. The maximum absolute atomic E-state index is 6.19. The largest absolute Gasteiger partial charge is 0.344 e. The van der Waals surface area contributed by atoms with Crippen LogP contribution in [0.2, 0.25) is 5.15 Å². The molecular weight excluding hydrogens is 278 g/mol. The summed E-state index contributed by atoms with van der Waals surface area (Å²) in [5.41, 5.74) is 1.04. The molecule has 2 rings (SSSR count). The number of unbranched alkanes of at least 4 members (excludes halogenated alkanes) is 1. The molecule has 1 heterocycles. The summed E-state index contributed by atoms with van der Waals surface area (Å²) >= 11 is 8.17. The number of imidazole rings is 1. The molecule has 0 aliphatic heterocycles. The van der Waals surface area contributed by atoms with Crippen LogP contribution in [0, 0.1) is 0 Å². The van der Waals surface area contributed by atoms with E-state index in [4.69, 9.17) is 11.6 Å². The predicted molar refractivity (Wildman–Crippen MR) is 84.0 cm³/mol. The van der Waals surface area contributed by atoms with Gasteiger partial charge in [0.1, 0.15) is 5.82 Å². The molecule has 1 fully saturated rings. The van der Waals surface area contributed by atoms with Crippen molar-refractivity contribution in [1.29, 1.82) is 0 Å². The maximum Gasteiger partial charge on any atom is 0.151 e. The van der Waals surface area contributed by atoms with Gasteiger partial charge < -0.3 is 10.3 Å². The summed E-state index contributed by atoms with van der Waals surface area (Å²) in [5.74, 6) is 1.02. The number of hydrogen-bond donors (Lipinski definition) is 2. The standard InChI is InChI=1S/C14H24ClN3S/c1-3-4-8-13-17-11(14(15)18-13)9-16-10-6-5-7-12(10)19-2/h10,12,16H,3-9H2,1-2H3,(H,17,18). The molecule has 0 amide bonds. The highest BCUT2D eigenvalue weighted by Crippen LogP contribution is 2.28. The SMILES string of the molecule is CCCCc1nc(Cl)c(CNC2CCCC2SC)[nH]1. The lowest BCUT2D eigenvalue weighted by molar-refractivity contribution is 0.528. The fraction of sp³-hybridized carbons (Fsp3) is 0.786. The summed E-state index contributed by atoms with van der Waals surface area (Å²) in [5, 5.41) is 5.02. The van der Waals surface area contributed by atoms with Gasteiger partial charge in [0.15, 0.2) is 5.15 Å². The van der Waals surface area contributed by atoms with E-state index in [-0.39, 0.29) is 0 Å². The fourth-order valence-corrected chi connectivity index (χ4v) is 3.87. The Bertz CT molecular complexity index is 394. The van der Waals surface area contributed by atoms with Crippen LogP contribution in [0.3, 0.4) is 0 Å². The van der Waals surface area contributed by atoms with Gasteiger partial charge in [-0.05, 0) is 25.5 Å². The van der Waals surface area contributed by atoms with E-state index < -0.39 is 0 Å². The lowest BCUT2D eigenvalue weighted by Crippen LogP contribution is -2.33. The van der Waals surface area contributed by atoms with Gasteiger partial charge in [0.25, 0.3) is 0 Å². The third-order valence-electron chi connectivity index (χ3n) is 3.84. The van der Waals surface area contributed by atoms with Crippen LogP contribution in [0.15, 0.2) is 0 Å². The average molecular weight is 302 g/mol. The van der Waals surface area contributed by atoms with Crippen molar-refractivity contribution in [1.82, 2.24) is 15.3 Å². The second kappa shape index (κ2) is 7.55. The molecule has 108 valence electrons. The van der Waals surface area contributed by atoms with E-state index >= 15 is 0 Å². The van der Waals surface area contributed by atoms with Gasteiger partial charge in [0.05, 0.1) is 5.69 Å². The molecule has 1 aromatic rings. The van der Waals surface area contributed by atoms with Crippen LogP contribution in [0.25, 0.3) is 0 Å². The first kappa shape index (κ1) is 15.2. The maximum atomic E-state index is 6.19. The summed E-state index contributed by atoms with van der Waals surface area (Å²) in [6.07, 6.45) is 9.49. The van der Waals surface area contributed by atoms with Crippen LogP contribution in [-0.2, 0) is 13.0 Å². The zero-order chi connectivity index (χ0) is 13.7. The normalized spacial score (nSPS) is 23.1. The second-order valence-electron chi connectivity index (χ2n) is 5.25. The summed E-state index contributed by atoms with van der Waals surface area (Å²) in [4.78, 5) is 7.76. The van der Waals surface area contributed by atoms with Crippen molar-refractivity contribution in [2.45, 2.75) is 63.3 Å². The lowest BCUT2D eigenvalue weighted by Gasteiger charge is -2.18. The van der Waals surface area contributed by atoms with Crippen LogP contribution in [-0.4, -0.2) is 27.5 Å². The van der Waals surface area contributed by atoms with Crippen molar-refractivity contribution in [3.63, 3.8) is 0 Å². The van der Waals surface area contributed by atoms with Crippen molar-refractivity contribution >= 4 is 23.4 Å². The molecule has 19 heavy (non-hydrogen) atoms. The highest BCUT2D eigenvalue weighted by atomic mass is 35.5. The molecule has 2 atom stereocenters. The number of aryl methyl sites for hydroxylation is 1. The average Bonchev–Trinajstić information content (AvgIpc) is 3.00. The van der Waals surface area contributed by atoms with Gasteiger partial charge in [-0.15, -0.1) is 0 Å². The fourth-order valence-electron chi connectivity index (χ4n) is 2.69. The van der Waals surface area contributed by atoms with Gasteiger partial charge in [0, 0.05) is 24.3 Å². The Hall–Kier alpha value is -0.190. The van der Waals surface area contributed by atoms with E-state index in [9.17, 15) is 0 Å². The minimum Gasteiger partial charge on any atom is -0.344 e. The van der Waals surface area contributed by atoms with E-state index in [1.54, 1.807) is 0 Å². The summed E-state index contributed by atoms with van der Waals surface area (Å²) in [6.45, 7) is 3.00. The Kier molecular flexibility index (Phi) is 6.05. The Morgan fingerprint density at radius 3 is 3.05 bits per heavy atom. The zero-order valence-electron chi connectivity index (χ0n) is 11.8. The lowest BCUT2D eigenvalue weighted by atomic mass is 10.2. The Morgan fingerprint density at radius 1 is 1.47 bits per heavy atom. The van der Waals surface area contributed by atoms with Gasteiger partial charge in [0.2, 0.25) is 0 Å². The second-order valence-corrected chi connectivity index (χ2v) is 6.68. The Morgan fingerprint density at radius 2 is 2.32 bits per heavy atom. The molecule has 2 N–H and O–H groups in total. The first-order valence-electron chi connectivity index (χ1n) is 7.24. The summed E-state index contributed by atoms with van der Waals surface area (Å²) in [7, 11) is 0. The molecule has 3 nitrogen and oxygen atoms in total. The van der Waals surface area contributed by atoms with E-state index in [0.717, 1.165) is 36.2 Å². The molecule has 1 saturated carbocycles. The van der Waals surface area contributed by atoms with Gasteiger partial charge in [-0.25, -0.2) is 4.98 Å². The van der Waals surface area contributed by atoms with Crippen LogP contribution in [0.1, 0.15) is 50.5 Å². The summed E-state index contributed by atoms with van der Waals surface area (Å²) in [6, 6.07) is 0.619. The van der Waals surface area contributed by atoms with E-state index in [1.807, 2.05) is 11.8 Å². The molecule has 0 saturated heterocycles. The predicted octanol–water partition coefficient (Wildman–Crippen LogP) is 3.78. The van der Waals surface area contributed by atoms with E-state index in [2.05, 4.69) is 28.5 Å². The number of nitrogens with zero attached hydrogens (tertiary/aromatic N) is 1. The molecule has 1 aliphatic carbocycles. The first-order chi connectivity index (χ1) is 9.24. The third kappa shape index (κ3) is 4.14. The number of aromatic amines is 1. The highest BCUT2D eigenvalue weighted by molar-refractivity contribution is 7.99. The highest BCUT2D eigenvalue weighted by Gasteiger charge is 2.26. The van der Waals surface area contributed by atoms with Crippen molar-refractivity contribution in [2.24, 2.45) is 0 Å². The number of rotatable bonds is 7. The number of aromatic nitrogens is 2. The summed E-state index contributed by atoms with van der Waals surface area (Å²) < 4.78 is 0. The van der Waals surface area contributed by atoms with Gasteiger partial charge in [-0.1, -0.05) is 31.4 Å². The quantitative estimate of drug-likeness (QED) is 0.805. The van der Waals surface area contributed by atoms with Crippen molar-refractivity contribution in [3.05, 3.63) is 16.7 Å².